The molecule has 3 aliphatic rings. The fraction of sp³-hybridized carbons (Fsp3) is 0.368. The van der Waals surface area contributed by atoms with Gasteiger partial charge in [0.1, 0.15) is 35.1 Å². The van der Waals surface area contributed by atoms with Crippen LogP contribution in [0.25, 0.3) is 11.2 Å². The maximum atomic E-state index is 12.2. The fourth-order valence-corrected chi connectivity index (χ4v) is 5.13. The average molecular weight is 510 g/mol. The number of fused-ring (bicyclic) bond motifs is 3. The number of anilines is 1. The Morgan fingerprint density at radius 1 is 1.18 bits per heavy atom. The number of carbonyl (C=O) groups excluding carboxylic acids is 1. The third-order valence-corrected chi connectivity index (χ3v) is 6.68. The molecule has 34 heavy (non-hydrogen) atoms. The van der Waals surface area contributed by atoms with Gasteiger partial charge in [0, 0.05) is 7.11 Å². The van der Waals surface area contributed by atoms with Crippen molar-refractivity contribution in [1.82, 2.24) is 19.5 Å². The van der Waals surface area contributed by atoms with Crippen molar-refractivity contribution >= 4 is 43.2 Å². The lowest BCUT2D eigenvalue weighted by molar-refractivity contribution is -0.256. The largest absolute Gasteiger partial charge is 0.465 e. The number of ether oxygens (including phenoxy) is 4. The summed E-state index contributed by atoms with van der Waals surface area (Å²) in [4.78, 5) is 24.7. The van der Waals surface area contributed by atoms with Crippen LogP contribution in [0.5, 0.6) is 5.75 Å². The van der Waals surface area contributed by atoms with Gasteiger partial charge in [-0.05, 0) is 23.7 Å². The van der Waals surface area contributed by atoms with Gasteiger partial charge in [-0.1, -0.05) is 12.1 Å². The van der Waals surface area contributed by atoms with Crippen molar-refractivity contribution in [3.8, 4) is 5.75 Å². The molecule has 2 N–H and O–H groups in total. The van der Waals surface area contributed by atoms with Crippen LogP contribution in [0.4, 0.5) is 5.82 Å². The molecule has 0 bridgehead atoms. The first-order valence-corrected chi connectivity index (χ1v) is 11.6. The van der Waals surface area contributed by atoms with Crippen LogP contribution in [0, 0.1) is 0 Å². The van der Waals surface area contributed by atoms with Gasteiger partial charge >= 0.3 is 14.6 Å². The summed E-state index contributed by atoms with van der Waals surface area (Å²) in [6, 6.07) is 6.77. The molecule has 6 atom stereocenters. The summed E-state index contributed by atoms with van der Waals surface area (Å²) in [6.45, 7) is -0.910. The molecule has 0 radical (unpaired) electrons. The number of nitrogen functional groups attached to an aromatic ring is 1. The number of methoxy groups -OCH3 is 1. The molecule has 178 valence electrons. The lowest BCUT2D eigenvalue weighted by Gasteiger charge is -2.24. The topological polar surface area (TPSA) is 151 Å². The van der Waals surface area contributed by atoms with Gasteiger partial charge in [-0.3, -0.25) is 9.09 Å². The monoisotopic (exact) mass is 509 g/mol. The zero-order valence-corrected chi connectivity index (χ0v) is 19.1. The van der Waals surface area contributed by atoms with E-state index < -0.39 is 45.6 Å². The second-order valence-corrected chi connectivity index (χ2v) is 8.89. The molecule has 3 aliphatic heterocycles. The van der Waals surface area contributed by atoms with E-state index in [0.29, 0.717) is 22.5 Å². The number of imidazole rings is 1. The van der Waals surface area contributed by atoms with E-state index in [1.807, 2.05) is 0 Å². The number of hydrogen-bond acceptors (Lipinski definition) is 12. The summed E-state index contributed by atoms with van der Waals surface area (Å²) in [5.74, 6) is 0.0164. The first kappa shape index (κ1) is 21.9. The number of carbonyl (C=O) groups is 1. The Labute approximate surface area is 198 Å². The molecular formula is C19H17ClN5O8P. The van der Waals surface area contributed by atoms with Crippen LogP contribution in [0.15, 0.2) is 30.6 Å². The molecule has 2 aromatic heterocycles. The van der Waals surface area contributed by atoms with Crippen LogP contribution in [0.2, 0.25) is 5.28 Å². The molecule has 0 saturated carbocycles. The molecule has 6 rings (SSSR count). The van der Waals surface area contributed by atoms with Gasteiger partial charge in [0.2, 0.25) is 5.28 Å². The molecule has 3 aromatic rings. The fourth-order valence-electron chi connectivity index (χ4n) is 3.99. The lowest BCUT2D eigenvalue weighted by atomic mass is 10.1. The Balaban J connectivity index is 1.23. The Bertz CT molecular complexity index is 1260. The van der Waals surface area contributed by atoms with Crippen LogP contribution < -0.4 is 10.3 Å². The van der Waals surface area contributed by atoms with Crippen LogP contribution in [0.1, 0.15) is 16.6 Å². The smallest absolute Gasteiger partial charge is 0.417 e. The van der Waals surface area contributed by atoms with Crippen molar-refractivity contribution in [2.24, 2.45) is 0 Å². The van der Waals surface area contributed by atoms with Crippen molar-refractivity contribution in [1.29, 1.82) is 0 Å². The minimum atomic E-state index is -1.97. The summed E-state index contributed by atoms with van der Waals surface area (Å²) in [6.07, 6.45) is -0.978. The molecule has 1 aromatic carbocycles. The van der Waals surface area contributed by atoms with E-state index >= 15 is 0 Å². The first-order valence-electron chi connectivity index (χ1n) is 10.1. The number of para-hydroxylation sites is 1. The van der Waals surface area contributed by atoms with Crippen molar-refractivity contribution in [3.05, 3.63) is 41.4 Å². The average Bonchev–Trinajstić information content (AvgIpc) is 3.51. The molecule has 13 nitrogen and oxygen atoms in total. The number of nitrogens with two attached hydrogens (primary N) is 1. The van der Waals surface area contributed by atoms with Gasteiger partial charge in [-0.25, -0.2) is 9.78 Å². The van der Waals surface area contributed by atoms with E-state index in [2.05, 4.69) is 15.0 Å². The summed E-state index contributed by atoms with van der Waals surface area (Å²) < 4.78 is 41.5. The highest BCUT2D eigenvalue weighted by Gasteiger charge is 2.54. The van der Waals surface area contributed by atoms with Gasteiger partial charge in [-0.2, -0.15) is 9.97 Å². The number of benzene rings is 1. The minimum absolute atomic E-state index is 0.0108. The Morgan fingerprint density at radius 3 is 2.85 bits per heavy atom. The zero-order valence-electron chi connectivity index (χ0n) is 17.4. The predicted molar refractivity (Wildman–Crippen MR) is 115 cm³/mol. The van der Waals surface area contributed by atoms with Gasteiger partial charge in [-0.15, -0.1) is 0 Å². The SMILES string of the molecule is COC1O[C@@H]2[C@H](O1)[C@@H](COP1OC(=O)c3ccccc3O1)O[C@H]2n1cnc2c(N)nc(Cl)nc21. The number of rotatable bonds is 5. The van der Waals surface area contributed by atoms with Crippen molar-refractivity contribution in [2.45, 2.75) is 31.0 Å². The highest BCUT2D eigenvalue weighted by molar-refractivity contribution is 7.43. The van der Waals surface area contributed by atoms with Gasteiger partial charge in [0.15, 0.2) is 17.7 Å². The number of hydrogen-bond donors (Lipinski definition) is 1. The summed E-state index contributed by atoms with van der Waals surface area (Å²) in [7, 11) is -0.512. The molecule has 15 heteroatoms. The second-order valence-electron chi connectivity index (χ2n) is 7.48. The Kier molecular flexibility index (Phi) is 5.49. The van der Waals surface area contributed by atoms with E-state index in [0.717, 1.165) is 0 Å². The van der Waals surface area contributed by atoms with E-state index in [1.165, 1.54) is 13.4 Å². The highest BCUT2D eigenvalue weighted by Crippen LogP contribution is 2.48. The van der Waals surface area contributed by atoms with Crippen LogP contribution in [-0.4, -0.2) is 64.0 Å². The predicted octanol–water partition coefficient (Wildman–Crippen LogP) is 2.17. The zero-order chi connectivity index (χ0) is 23.4. The molecule has 0 spiro atoms. The molecule has 0 amide bonds. The van der Waals surface area contributed by atoms with E-state index in [1.54, 1.807) is 28.8 Å². The summed E-state index contributed by atoms with van der Waals surface area (Å²) >= 11 is 6.00. The molecular weight excluding hydrogens is 493 g/mol. The standard InChI is InChI=1S/C19H17ClN5O8P/c1-27-19-30-12-10(6-28-34-32-9-5-3-2-4-8(9)17(26)33-34)29-16(13(12)31-19)25-7-22-11-14(21)23-18(20)24-15(11)25/h2-5,7,10,12-13,16,19H,6H2,1H3,(H2,21,23,24)/t10-,12-,13-,16-,19?,34?/m1/s1. The van der Waals surface area contributed by atoms with Crippen LogP contribution >= 0.6 is 20.2 Å². The maximum absolute atomic E-state index is 12.2. The summed E-state index contributed by atoms with van der Waals surface area (Å²) in [5.41, 5.74) is 7.00. The third kappa shape index (κ3) is 3.66. The van der Waals surface area contributed by atoms with Gasteiger partial charge < -0.3 is 33.7 Å². The van der Waals surface area contributed by atoms with Crippen molar-refractivity contribution < 1.29 is 37.3 Å². The number of halogens is 1. The van der Waals surface area contributed by atoms with Gasteiger partial charge in [0.05, 0.1) is 12.9 Å². The molecule has 2 saturated heterocycles. The van der Waals surface area contributed by atoms with E-state index in [-0.39, 0.29) is 17.7 Å². The molecule has 2 fully saturated rings. The van der Waals surface area contributed by atoms with Crippen molar-refractivity contribution in [2.75, 3.05) is 19.5 Å². The Hall–Kier alpha value is -2.64. The van der Waals surface area contributed by atoms with Crippen LogP contribution in [0.3, 0.4) is 0 Å². The quantitative estimate of drug-likeness (QED) is 0.396. The van der Waals surface area contributed by atoms with Crippen LogP contribution in [-0.2, 0) is 28.0 Å². The van der Waals surface area contributed by atoms with E-state index in [4.69, 9.17) is 49.9 Å². The molecule has 0 aliphatic carbocycles. The number of nitrogens with zero attached hydrogens (tertiary/aromatic N) is 4. The van der Waals surface area contributed by atoms with Crippen molar-refractivity contribution in [3.63, 3.8) is 0 Å². The molecule has 2 unspecified atom stereocenters. The first-order chi connectivity index (χ1) is 16.5. The molecule has 5 heterocycles. The lowest BCUT2D eigenvalue weighted by Crippen LogP contribution is -2.32. The highest BCUT2D eigenvalue weighted by atomic mass is 35.5. The normalized spacial score (nSPS) is 30.1. The minimum Gasteiger partial charge on any atom is -0.417 e. The number of aromatic nitrogens is 4. The third-order valence-electron chi connectivity index (χ3n) is 5.49. The Morgan fingerprint density at radius 2 is 2.00 bits per heavy atom. The maximum Gasteiger partial charge on any atom is 0.465 e. The summed E-state index contributed by atoms with van der Waals surface area (Å²) in [5, 5.41) is -0.0288. The van der Waals surface area contributed by atoms with Gasteiger partial charge in [0.25, 0.3) is 6.48 Å². The van der Waals surface area contributed by atoms with E-state index in [9.17, 15) is 4.79 Å². The second kappa shape index (κ2) is 8.54.